The molecule has 1 aliphatic heterocycles. The molecule has 19 heavy (non-hydrogen) atoms. The Morgan fingerprint density at radius 3 is 2.21 bits per heavy atom. The number of carbonyl (C=O) groups is 2. The van der Waals surface area contributed by atoms with Gasteiger partial charge in [0.25, 0.3) is 0 Å². The van der Waals surface area contributed by atoms with Gasteiger partial charge in [-0.15, -0.1) is 0 Å². The Balaban J connectivity index is 1.90. The van der Waals surface area contributed by atoms with Crippen LogP contribution in [0.4, 0.5) is 4.79 Å². The lowest BCUT2D eigenvalue weighted by Crippen LogP contribution is -2.50. The summed E-state index contributed by atoms with van der Waals surface area (Å²) in [5, 5.41) is 12.2. The smallest absolute Gasteiger partial charge is 0.317 e. The number of nitrogens with one attached hydrogen (secondary N) is 1. The molecule has 108 valence electrons. The number of amides is 2. The highest BCUT2D eigenvalue weighted by Crippen LogP contribution is 2.25. The molecular weight excluding hydrogens is 244 g/mol. The SMILES string of the molecule is O=C(O)C1CCCCC1NC(=O)N1CCCCCC1. The first-order chi connectivity index (χ1) is 9.18. The summed E-state index contributed by atoms with van der Waals surface area (Å²) in [5.41, 5.74) is 0. The summed E-state index contributed by atoms with van der Waals surface area (Å²) < 4.78 is 0. The van der Waals surface area contributed by atoms with Crippen LogP contribution in [0.2, 0.25) is 0 Å². The zero-order valence-corrected chi connectivity index (χ0v) is 11.4. The summed E-state index contributed by atoms with van der Waals surface area (Å²) in [7, 11) is 0. The van der Waals surface area contributed by atoms with E-state index in [4.69, 9.17) is 0 Å². The van der Waals surface area contributed by atoms with Crippen LogP contribution >= 0.6 is 0 Å². The Morgan fingerprint density at radius 2 is 1.58 bits per heavy atom. The number of urea groups is 1. The molecule has 0 aromatic rings. The average molecular weight is 268 g/mol. The molecule has 2 unspecified atom stereocenters. The molecule has 2 N–H and O–H groups in total. The van der Waals surface area contributed by atoms with E-state index in [0.29, 0.717) is 6.42 Å². The molecule has 0 spiro atoms. The van der Waals surface area contributed by atoms with Crippen molar-refractivity contribution in [1.29, 1.82) is 0 Å². The zero-order chi connectivity index (χ0) is 13.7. The monoisotopic (exact) mass is 268 g/mol. The van der Waals surface area contributed by atoms with Crippen LogP contribution in [-0.2, 0) is 4.79 Å². The van der Waals surface area contributed by atoms with Crippen molar-refractivity contribution in [3.8, 4) is 0 Å². The molecule has 2 amide bonds. The third-order valence-corrected chi connectivity index (χ3v) is 4.29. The van der Waals surface area contributed by atoms with Crippen LogP contribution < -0.4 is 5.32 Å². The summed E-state index contributed by atoms with van der Waals surface area (Å²) in [6, 6.07) is -0.262. The van der Waals surface area contributed by atoms with E-state index in [1.54, 1.807) is 0 Å². The molecule has 2 fully saturated rings. The minimum atomic E-state index is -0.777. The lowest BCUT2D eigenvalue weighted by atomic mass is 9.84. The molecule has 1 saturated carbocycles. The van der Waals surface area contributed by atoms with Gasteiger partial charge in [-0.3, -0.25) is 4.79 Å². The van der Waals surface area contributed by atoms with Crippen LogP contribution in [0, 0.1) is 5.92 Å². The number of hydrogen-bond acceptors (Lipinski definition) is 2. The van der Waals surface area contributed by atoms with Crippen LogP contribution in [-0.4, -0.2) is 41.1 Å². The first-order valence-electron chi connectivity index (χ1n) is 7.47. The predicted octanol–water partition coefficient (Wildman–Crippen LogP) is 2.22. The molecule has 2 atom stereocenters. The van der Waals surface area contributed by atoms with Crippen LogP contribution in [0.3, 0.4) is 0 Å². The number of hydrogen-bond donors (Lipinski definition) is 2. The van der Waals surface area contributed by atoms with E-state index in [1.807, 2.05) is 4.90 Å². The van der Waals surface area contributed by atoms with E-state index in [9.17, 15) is 14.7 Å². The first-order valence-corrected chi connectivity index (χ1v) is 7.47. The Kier molecular flexibility index (Phi) is 5.05. The van der Waals surface area contributed by atoms with E-state index in [0.717, 1.165) is 45.2 Å². The summed E-state index contributed by atoms with van der Waals surface area (Å²) >= 11 is 0. The fourth-order valence-corrected chi connectivity index (χ4v) is 3.12. The van der Waals surface area contributed by atoms with Gasteiger partial charge >= 0.3 is 12.0 Å². The number of likely N-dealkylation sites (tertiary alicyclic amines) is 1. The number of rotatable bonds is 2. The number of nitrogens with zero attached hydrogens (tertiary/aromatic N) is 1. The molecule has 5 nitrogen and oxygen atoms in total. The van der Waals surface area contributed by atoms with E-state index in [-0.39, 0.29) is 12.1 Å². The van der Waals surface area contributed by atoms with Crippen molar-refractivity contribution in [2.45, 2.75) is 57.4 Å². The second-order valence-corrected chi connectivity index (χ2v) is 5.69. The van der Waals surface area contributed by atoms with E-state index < -0.39 is 11.9 Å². The zero-order valence-electron chi connectivity index (χ0n) is 11.4. The molecule has 1 heterocycles. The van der Waals surface area contributed by atoms with Crippen LogP contribution in [0.1, 0.15) is 51.4 Å². The van der Waals surface area contributed by atoms with Crippen LogP contribution in [0.15, 0.2) is 0 Å². The van der Waals surface area contributed by atoms with E-state index in [1.165, 1.54) is 12.8 Å². The van der Waals surface area contributed by atoms with Gasteiger partial charge in [-0.05, 0) is 25.7 Å². The molecular formula is C14H24N2O3. The Labute approximate surface area is 114 Å². The molecule has 5 heteroatoms. The van der Waals surface area contributed by atoms with Gasteiger partial charge in [0.05, 0.1) is 5.92 Å². The summed E-state index contributed by atoms with van der Waals surface area (Å²) in [6.45, 7) is 1.60. The van der Waals surface area contributed by atoms with Crippen molar-refractivity contribution in [2.75, 3.05) is 13.1 Å². The maximum Gasteiger partial charge on any atom is 0.317 e. The lowest BCUT2D eigenvalue weighted by molar-refractivity contribution is -0.143. The van der Waals surface area contributed by atoms with Gasteiger partial charge in [0.2, 0.25) is 0 Å². The summed E-state index contributed by atoms with van der Waals surface area (Å²) in [6.07, 6.45) is 7.91. The first kappa shape index (κ1) is 14.2. The molecule has 0 bridgehead atoms. The molecule has 1 aliphatic carbocycles. The van der Waals surface area contributed by atoms with Gasteiger partial charge in [-0.2, -0.15) is 0 Å². The quantitative estimate of drug-likeness (QED) is 0.806. The largest absolute Gasteiger partial charge is 0.481 e. The highest BCUT2D eigenvalue weighted by atomic mass is 16.4. The minimum absolute atomic E-state index is 0.0694. The fraction of sp³-hybridized carbons (Fsp3) is 0.857. The van der Waals surface area contributed by atoms with Gasteiger partial charge in [-0.25, -0.2) is 4.79 Å². The molecule has 2 rings (SSSR count). The predicted molar refractivity (Wildman–Crippen MR) is 72.0 cm³/mol. The lowest BCUT2D eigenvalue weighted by Gasteiger charge is -2.31. The topological polar surface area (TPSA) is 69.6 Å². The minimum Gasteiger partial charge on any atom is -0.481 e. The Hall–Kier alpha value is -1.26. The fourth-order valence-electron chi connectivity index (χ4n) is 3.12. The number of carboxylic acid groups (broad SMARTS) is 1. The van der Waals surface area contributed by atoms with E-state index >= 15 is 0 Å². The molecule has 1 saturated heterocycles. The Morgan fingerprint density at radius 1 is 0.947 bits per heavy atom. The normalized spacial score (nSPS) is 28.5. The van der Waals surface area contributed by atoms with Crippen molar-refractivity contribution < 1.29 is 14.7 Å². The third-order valence-electron chi connectivity index (χ3n) is 4.29. The molecule has 0 aromatic carbocycles. The van der Waals surface area contributed by atoms with Gasteiger partial charge in [0.1, 0.15) is 0 Å². The van der Waals surface area contributed by atoms with Gasteiger partial charge in [0.15, 0.2) is 0 Å². The highest BCUT2D eigenvalue weighted by molar-refractivity contribution is 5.77. The second kappa shape index (κ2) is 6.78. The third kappa shape index (κ3) is 3.85. The maximum atomic E-state index is 12.2. The second-order valence-electron chi connectivity index (χ2n) is 5.69. The van der Waals surface area contributed by atoms with Crippen molar-refractivity contribution in [3.63, 3.8) is 0 Å². The standard InChI is InChI=1S/C14H24N2O3/c17-13(18)11-7-3-4-8-12(11)15-14(19)16-9-5-1-2-6-10-16/h11-12H,1-10H2,(H,15,19)(H,17,18). The summed E-state index contributed by atoms with van der Waals surface area (Å²) in [5.74, 6) is -1.19. The molecule has 2 aliphatic rings. The number of aliphatic carboxylic acids is 1. The van der Waals surface area contributed by atoms with Crippen LogP contribution in [0.25, 0.3) is 0 Å². The average Bonchev–Trinajstić information content (AvgIpc) is 2.68. The number of carbonyl (C=O) groups excluding carboxylic acids is 1. The van der Waals surface area contributed by atoms with Crippen molar-refractivity contribution in [3.05, 3.63) is 0 Å². The molecule has 0 radical (unpaired) electrons. The summed E-state index contributed by atoms with van der Waals surface area (Å²) in [4.78, 5) is 25.3. The van der Waals surface area contributed by atoms with Crippen LogP contribution in [0.5, 0.6) is 0 Å². The van der Waals surface area contributed by atoms with Crippen molar-refractivity contribution in [1.82, 2.24) is 10.2 Å². The van der Waals surface area contributed by atoms with Crippen molar-refractivity contribution in [2.24, 2.45) is 5.92 Å². The van der Waals surface area contributed by atoms with Crippen molar-refractivity contribution >= 4 is 12.0 Å². The van der Waals surface area contributed by atoms with Gasteiger partial charge < -0.3 is 15.3 Å². The number of carboxylic acids is 1. The molecule has 0 aromatic heterocycles. The van der Waals surface area contributed by atoms with Gasteiger partial charge in [0, 0.05) is 19.1 Å². The Bertz CT molecular complexity index is 325. The van der Waals surface area contributed by atoms with Gasteiger partial charge in [-0.1, -0.05) is 25.7 Å². The highest BCUT2D eigenvalue weighted by Gasteiger charge is 2.32. The maximum absolute atomic E-state index is 12.2. The van der Waals surface area contributed by atoms with E-state index in [2.05, 4.69) is 5.32 Å².